The third-order valence-corrected chi connectivity index (χ3v) is 1.21. The molecule has 58 valence electrons. The molecule has 1 aliphatic rings. The standard InChI is InChI=1S/C5H12N4O/c6-9-4-3-8(7-9)2-1-5-10/h3-4,7,10H,1-2,5-6H2. The molecule has 5 nitrogen and oxygen atoms in total. The van der Waals surface area contributed by atoms with Gasteiger partial charge >= 0.3 is 0 Å². The van der Waals surface area contributed by atoms with E-state index in [4.69, 9.17) is 10.9 Å². The van der Waals surface area contributed by atoms with Crippen molar-refractivity contribution in [3.63, 3.8) is 0 Å². The lowest BCUT2D eigenvalue weighted by Crippen LogP contribution is -2.43. The molecular formula is C5H12N4O. The van der Waals surface area contributed by atoms with Crippen molar-refractivity contribution >= 4 is 0 Å². The van der Waals surface area contributed by atoms with E-state index in [1.807, 2.05) is 6.20 Å². The molecule has 0 radical (unpaired) electrons. The number of hydrazine groups is 3. The molecule has 0 saturated carbocycles. The second-order valence-corrected chi connectivity index (χ2v) is 2.08. The summed E-state index contributed by atoms with van der Waals surface area (Å²) in [5.41, 5.74) is 2.81. The fourth-order valence-electron chi connectivity index (χ4n) is 0.733. The highest BCUT2D eigenvalue weighted by atomic mass is 16.3. The van der Waals surface area contributed by atoms with Gasteiger partial charge in [-0.1, -0.05) is 0 Å². The van der Waals surface area contributed by atoms with E-state index in [9.17, 15) is 0 Å². The van der Waals surface area contributed by atoms with Crippen LogP contribution >= 0.6 is 0 Å². The van der Waals surface area contributed by atoms with Crippen molar-refractivity contribution in [2.75, 3.05) is 13.2 Å². The maximum Gasteiger partial charge on any atom is 0.0531 e. The molecule has 0 fully saturated rings. The largest absolute Gasteiger partial charge is 0.396 e. The van der Waals surface area contributed by atoms with Gasteiger partial charge in [0.25, 0.3) is 0 Å². The fraction of sp³-hybridized carbons (Fsp3) is 0.600. The Morgan fingerprint density at radius 2 is 2.30 bits per heavy atom. The summed E-state index contributed by atoms with van der Waals surface area (Å²) in [7, 11) is 0. The van der Waals surface area contributed by atoms with Crippen molar-refractivity contribution in [1.82, 2.24) is 15.7 Å². The summed E-state index contributed by atoms with van der Waals surface area (Å²) in [5.74, 6) is 5.33. The van der Waals surface area contributed by atoms with Crippen LogP contribution in [0.25, 0.3) is 0 Å². The summed E-state index contributed by atoms with van der Waals surface area (Å²) in [6.45, 7) is 0.970. The Morgan fingerprint density at radius 1 is 1.50 bits per heavy atom. The second kappa shape index (κ2) is 3.40. The zero-order valence-electron chi connectivity index (χ0n) is 5.70. The van der Waals surface area contributed by atoms with Crippen LogP contribution in [0.3, 0.4) is 0 Å². The monoisotopic (exact) mass is 144 g/mol. The lowest BCUT2D eigenvalue weighted by atomic mass is 10.4. The molecule has 4 N–H and O–H groups in total. The average Bonchev–Trinajstić information content (AvgIpc) is 2.31. The Labute approximate surface area is 59.6 Å². The number of aliphatic hydroxyl groups is 1. The number of hydrogen-bond acceptors (Lipinski definition) is 5. The van der Waals surface area contributed by atoms with Gasteiger partial charge in [0, 0.05) is 19.4 Å². The van der Waals surface area contributed by atoms with Gasteiger partial charge in [-0.25, -0.2) is 11.0 Å². The van der Waals surface area contributed by atoms with Crippen LogP contribution in [0.15, 0.2) is 12.4 Å². The predicted octanol–water partition coefficient (Wildman–Crippen LogP) is -1.25. The van der Waals surface area contributed by atoms with Gasteiger partial charge in [-0.05, 0) is 6.42 Å². The van der Waals surface area contributed by atoms with E-state index in [1.54, 1.807) is 11.2 Å². The smallest absolute Gasteiger partial charge is 0.0531 e. The van der Waals surface area contributed by atoms with Gasteiger partial charge in [-0.2, -0.15) is 0 Å². The minimum absolute atomic E-state index is 0.205. The summed E-state index contributed by atoms with van der Waals surface area (Å²) < 4.78 is 0. The molecule has 0 spiro atoms. The molecule has 0 aromatic carbocycles. The molecule has 0 saturated heterocycles. The molecule has 0 aromatic heterocycles. The third-order valence-electron chi connectivity index (χ3n) is 1.21. The van der Waals surface area contributed by atoms with E-state index in [0.717, 1.165) is 13.0 Å². The lowest BCUT2D eigenvalue weighted by Gasteiger charge is -2.17. The predicted molar refractivity (Wildman–Crippen MR) is 36.7 cm³/mol. The van der Waals surface area contributed by atoms with Crippen molar-refractivity contribution < 1.29 is 5.11 Å². The molecule has 0 aliphatic carbocycles. The summed E-state index contributed by atoms with van der Waals surface area (Å²) in [6.07, 6.45) is 4.26. The first-order valence-electron chi connectivity index (χ1n) is 3.19. The highest BCUT2D eigenvalue weighted by Gasteiger charge is 2.05. The Balaban J connectivity index is 2.14. The molecule has 1 heterocycles. The number of nitrogens with zero attached hydrogens (tertiary/aromatic N) is 2. The van der Waals surface area contributed by atoms with E-state index in [-0.39, 0.29) is 6.61 Å². The van der Waals surface area contributed by atoms with Gasteiger partial charge in [0.1, 0.15) is 0 Å². The van der Waals surface area contributed by atoms with E-state index < -0.39 is 0 Å². The molecule has 10 heavy (non-hydrogen) atoms. The zero-order chi connectivity index (χ0) is 7.40. The maximum atomic E-state index is 8.47. The van der Waals surface area contributed by atoms with E-state index in [2.05, 4.69) is 5.53 Å². The van der Waals surface area contributed by atoms with Crippen LogP contribution in [-0.2, 0) is 0 Å². The van der Waals surface area contributed by atoms with Crippen LogP contribution in [0.1, 0.15) is 6.42 Å². The average molecular weight is 144 g/mol. The topological polar surface area (TPSA) is 64.8 Å². The number of hydrogen-bond donors (Lipinski definition) is 3. The van der Waals surface area contributed by atoms with Crippen LogP contribution in [0.2, 0.25) is 0 Å². The van der Waals surface area contributed by atoms with Gasteiger partial charge in [0.2, 0.25) is 0 Å². The Bertz CT molecular complexity index is 127. The van der Waals surface area contributed by atoms with Gasteiger partial charge < -0.3 is 5.11 Å². The summed E-state index contributed by atoms with van der Waals surface area (Å²) in [5, 5.41) is 11.6. The van der Waals surface area contributed by atoms with Crippen molar-refractivity contribution in [3.8, 4) is 0 Å². The summed E-state index contributed by atoms with van der Waals surface area (Å²) >= 11 is 0. The zero-order valence-corrected chi connectivity index (χ0v) is 5.70. The minimum Gasteiger partial charge on any atom is -0.396 e. The van der Waals surface area contributed by atoms with Crippen molar-refractivity contribution in [3.05, 3.63) is 12.4 Å². The highest BCUT2D eigenvalue weighted by Crippen LogP contribution is 1.95. The van der Waals surface area contributed by atoms with Crippen LogP contribution in [0, 0.1) is 0 Å². The van der Waals surface area contributed by atoms with Crippen LogP contribution in [0.5, 0.6) is 0 Å². The summed E-state index contributed by atoms with van der Waals surface area (Å²) in [6, 6.07) is 0. The number of nitrogens with one attached hydrogen (secondary N) is 1. The Morgan fingerprint density at radius 3 is 2.80 bits per heavy atom. The SMILES string of the molecule is NN1C=CN(CCCO)N1. The van der Waals surface area contributed by atoms with Gasteiger partial charge in [-0.3, -0.25) is 5.01 Å². The lowest BCUT2D eigenvalue weighted by molar-refractivity contribution is 0.129. The van der Waals surface area contributed by atoms with Crippen LogP contribution in [0.4, 0.5) is 0 Å². The summed E-state index contributed by atoms with van der Waals surface area (Å²) in [4.78, 5) is 0. The molecule has 5 heteroatoms. The van der Waals surface area contributed by atoms with Gasteiger partial charge in [0.15, 0.2) is 0 Å². The number of nitrogens with two attached hydrogens (primary N) is 1. The molecule has 0 aromatic rings. The van der Waals surface area contributed by atoms with Crippen molar-refractivity contribution in [2.24, 2.45) is 5.84 Å². The highest BCUT2D eigenvalue weighted by molar-refractivity contribution is 4.82. The molecule has 1 aliphatic heterocycles. The molecule has 0 bridgehead atoms. The number of aliphatic hydroxyl groups excluding tert-OH is 1. The molecule has 1 rings (SSSR count). The number of rotatable bonds is 3. The Kier molecular flexibility index (Phi) is 2.49. The van der Waals surface area contributed by atoms with Gasteiger partial charge in [-0.15, -0.1) is 5.53 Å². The maximum absolute atomic E-state index is 8.47. The quantitative estimate of drug-likeness (QED) is 0.432. The first-order valence-corrected chi connectivity index (χ1v) is 3.19. The van der Waals surface area contributed by atoms with E-state index >= 15 is 0 Å². The van der Waals surface area contributed by atoms with E-state index in [1.165, 1.54) is 5.12 Å². The van der Waals surface area contributed by atoms with Crippen LogP contribution < -0.4 is 11.4 Å². The minimum atomic E-state index is 0.205. The first-order chi connectivity index (χ1) is 4.83. The molecule has 0 amide bonds. The fourth-order valence-corrected chi connectivity index (χ4v) is 0.733. The Hall–Kier alpha value is -0.780. The second-order valence-electron chi connectivity index (χ2n) is 2.08. The van der Waals surface area contributed by atoms with Crippen LogP contribution in [-0.4, -0.2) is 28.4 Å². The first kappa shape index (κ1) is 7.33. The van der Waals surface area contributed by atoms with Crippen molar-refractivity contribution in [2.45, 2.75) is 6.42 Å². The molecular weight excluding hydrogens is 132 g/mol. The molecule has 0 atom stereocenters. The van der Waals surface area contributed by atoms with Crippen molar-refractivity contribution in [1.29, 1.82) is 0 Å². The normalized spacial score (nSPS) is 17.0. The van der Waals surface area contributed by atoms with Gasteiger partial charge in [0.05, 0.1) is 6.20 Å². The molecule has 0 unspecified atom stereocenters. The third kappa shape index (κ3) is 1.87. The van der Waals surface area contributed by atoms with E-state index in [0.29, 0.717) is 0 Å².